The third-order valence-corrected chi connectivity index (χ3v) is 4.03. The van der Waals surface area contributed by atoms with Crippen molar-refractivity contribution in [2.24, 2.45) is 11.8 Å². The molecule has 0 radical (unpaired) electrons. The Morgan fingerprint density at radius 3 is 2.42 bits per heavy atom. The first-order valence-corrected chi connectivity index (χ1v) is 7.09. The molecule has 3 atom stereocenters. The van der Waals surface area contributed by atoms with Crippen molar-refractivity contribution in [1.82, 2.24) is 10.2 Å². The van der Waals surface area contributed by atoms with Crippen LogP contribution in [0.25, 0.3) is 0 Å². The second-order valence-electron chi connectivity index (χ2n) is 6.05. The van der Waals surface area contributed by atoms with Crippen LogP contribution in [0.15, 0.2) is 0 Å². The first-order chi connectivity index (χ1) is 8.95. The molecule has 0 spiro atoms. The van der Waals surface area contributed by atoms with Gasteiger partial charge >= 0.3 is 0 Å². The van der Waals surface area contributed by atoms with Gasteiger partial charge < -0.3 is 15.0 Å². The molecule has 1 saturated heterocycles. The number of hydrogen-bond donors (Lipinski definition) is 1. The summed E-state index contributed by atoms with van der Waals surface area (Å²) in [6, 6.07) is -0.688. The van der Waals surface area contributed by atoms with Crippen LogP contribution in [0.2, 0.25) is 0 Å². The molecule has 2 rings (SSSR count). The van der Waals surface area contributed by atoms with Crippen molar-refractivity contribution in [3.63, 3.8) is 0 Å². The van der Waals surface area contributed by atoms with E-state index in [2.05, 4.69) is 5.32 Å². The van der Waals surface area contributed by atoms with Crippen LogP contribution in [0.4, 0.5) is 0 Å². The van der Waals surface area contributed by atoms with Gasteiger partial charge in [0.15, 0.2) is 0 Å². The quantitative estimate of drug-likeness (QED) is 0.801. The SMILES string of the molecule is COC(C)CN1C(=O)C(C2CC2)NC(=O)C1C(C)C. The summed E-state index contributed by atoms with van der Waals surface area (Å²) in [7, 11) is 1.63. The second-order valence-corrected chi connectivity index (χ2v) is 6.05. The van der Waals surface area contributed by atoms with Gasteiger partial charge in [0.1, 0.15) is 12.1 Å². The average Bonchev–Trinajstić information content (AvgIpc) is 3.16. The summed E-state index contributed by atoms with van der Waals surface area (Å²) in [5, 5.41) is 2.91. The lowest BCUT2D eigenvalue weighted by atomic mass is 9.95. The third kappa shape index (κ3) is 2.91. The van der Waals surface area contributed by atoms with Crippen molar-refractivity contribution < 1.29 is 14.3 Å². The van der Waals surface area contributed by atoms with E-state index in [0.717, 1.165) is 12.8 Å². The van der Waals surface area contributed by atoms with Crippen LogP contribution in [-0.4, -0.2) is 48.6 Å². The average molecular weight is 268 g/mol. The Hall–Kier alpha value is -1.10. The molecule has 1 N–H and O–H groups in total. The highest BCUT2D eigenvalue weighted by Gasteiger charge is 2.47. The molecule has 3 unspecified atom stereocenters. The Kier molecular flexibility index (Phi) is 4.13. The van der Waals surface area contributed by atoms with Crippen molar-refractivity contribution in [1.29, 1.82) is 0 Å². The standard InChI is InChI=1S/C14H24N2O3/c1-8(2)12-13(17)15-11(10-5-6-10)14(18)16(12)7-9(3)19-4/h8-12H,5-7H2,1-4H3,(H,15,17). The van der Waals surface area contributed by atoms with Crippen LogP contribution in [0.5, 0.6) is 0 Å². The maximum absolute atomic E-state index is 12.6. The molecule has 1 saturated carbocycles. The summed E-state index contributed by atoms with van der Waals surface area (Å²) < 4.78 is 5.25. The first-order valence-electron chi connectivity index (χ1n) is 7.09. The zero-order valence-electron chi connectivity index (χ0n) is 12.2. The van der Waals surface area contributed by atoms with Gasteiger partial charge in [0.25, 0.3) is 0 Å². The Bertz CT molecular complexity index is 366. The first kappa shape index (κ1) is 14.3. The van der Waals surface area contributed by atoms with Crippen LogP contribution in [-0.2, 0) is 14.3 Å². The zero-order valence-corrected chi connectivity index (χ0v) is 12.2. The molecule has 5 heteroatoms. The number of rotatable bonds is 5. The number of ether oxygens (including phenoxy) is 1. The number of nitrogens with zero attached hydrogens (tertiary/aromatic N) is 1. The predicted molar refractivity (Wildman–Crippen MR) is 71.5 cm³/mol. The molecule has 0 aromatic carbocycles. The predicted octanol–water partition coefficient (Wildman–Crippen LogP) is 0.783. The van der Waals surface area contributed by atoms with Crippen LogP contribution in [0.3, 0.4) is 0 Å². The molecule has 2 fully saturated rings. The summed E-state index contributed by atoms with van der Waals surface area (Å²) in [6.45, 7) is 6.34. The molecule has 5 nitrogen and oxygen atoms in total. The molecule has 0 aromatic rings. The van der Waals surface area contributed by atoms with Crippen LogP contribution in [0.1, 0.15) is 33.6 Å². The molecule has 0 aromatic heterocycles. The van der Waals surface area contributed by atoms with E-state index in [0.29, 0.717) is 12.5 Å². The van der Waals surface area contributed by atoms with Crippen molar-refractivity contribution in [2.45, 2.75) is 51.8 Å². The fourth-order valence-electron chi connectivity index (χ4n) is 2.72. The smallest absolute Gasteiger partial charge is 0.246 e. The van der Waals surface area contributed by atoms with Crippen molar-refractivity contribution in [3.05, 3.63) is 0 Å². The van der Waals surface area contributed by atoms with Gasteiger partial charge in [-0.25, -0.2) is 0 Å². The van der Waals surface area contributed by atoms with E-state index in [1.54, 1.807) is 12.0 Å². The minimum atomic E-state index is -0.375. The Labute approximate surface area is 114 Å². The summed E-state index contributed by atoms with van der Waals surface area (Å²) in [4.78, 5) is 26.6. The lowest BCUT2D eigenvalue weighted by Crippen LogP contribution is -2.66. The number of carbonyl (C=O) groups is 2. The van der Waals surface area contributed by atoms with Crippen molar-refractivity contribution in [2.75, 3.05) is 13.7 Å². The molecule has 1 heterocycles. The molecule has 0 bridgehead atoms. The van der Waals surface area contributed by atoms with Gasteiger partial charge in [-0.1, -0.05) is 13.8 Å². The molecule has 2 aliphatic rings. The van der Waals surface area contributed by atoms with Gasteiger partial charge in [-0.15, -0.1) is 0 Å². The van der Waals surface area contributed by atoms with E-state index in [4.69, 9.17) is 4.74 Å². The Balaban J connectivity index is 2.18. The number of nitrogens with one attached hydrogen (secondary N) is 1. The minimum absolute atomic E-state index is 0.0187. The second kappa shape index (κ2) is 5.49. The summed E-state index contributed by atoms with van der Waals surface area (Å²) in [5.41, 5.74) is 0. The van der Waals surface area contributed by atoms with Gasteiger partial charge in [-0.2, -0.15) is 0 Å². The number of piperazine rings is 1. The topological polar surface area (TPSA) is 58.6 Å². The van der Waals surface area contributed by atoms with E-state index in [1.165, 1.54) is 0 Å². The molecule has 1 aliphatic heterocycles. The molecular weight excluding hydrogens is 244 g/mol. The lowest BCUT2D eigenvalue weighted by Gasteiger charge is -2.41. The van der Waals surface area contributed by atoms with Crippen LogP contribution >= 0.6 is 0 Å². The highest BCUT2D eigenvalue weighted by molar-refractivity contribution is 5.97. The molecule has 19 heavy (non-hydrogen) atoms. The maximum atomic E-state index is 12.6. The molecule has 108 valence electrons. The zero-order chi connectivity index (χ0) is 14.2. The van der Waals surface area contributed by atoms with E-state index in [1.807, 2.05) is 20.8 Å². The third-order valence-electron chi connectivity index (χ3n) is 4.03. The largest absolute Gasteiger partial charge is 0.380 e. The van der Waals surface area contributed by atoms with Crippen molar-refractivity contribution >= 4 is 11.8 Å². The summed E-state index contributed by atoms with van der Waals surface area (Å²) >= 11 is 0. The Morgan fingerprint density at radius 2 is 1.95 bits per heavy atom. The molecule has 2 amide bonds. The van der Waals surface area contributed by atoms with E-state index in [9.17, 15) is 9.59 Å². The van der Waals surface area contributed by atoms with Gasteiger partial charge in [0, 0.05) is 13.7 Å². The monoisotopic (exact) mass is 268 g/mol. The van der Waals surface area contributed by atoms with Crippen LogP contribution in [0, 0.1) is 11.8 Å². The minimum Gasteiger partial charge on any atom is -0.380 e. The normalized spacial score (nSPS) is 29.6. The summed E-state index contributed by atoms with van der Waals surface area (Å²) in [6.07, 6.45) is 2.02. The fraction of sp³-hybridized carbons (Fsp3) is 0.857. The fourth-order valence-corrected chi connectivity index (χ4v) is 2.72. The Morgan fingerprint density at radius 1 is 1.32 bits per heavy atom. The van der Waals surface area contributed by atoms with Crippen molar-refractivity contribution in [3.8, 4) is 0 Å². The number of carbonyl (C=O) groups excluding carboxylic acids is 2. The highest BCUT2D eigenvalue weighted by Crippen LogP contribution is 2.35. The van der Waals surface area contributed by atoms with Gasteiger partial charge in [-0.3, -0.25) is 9.59 Å². The number of amides is 2. The van der Waals surface area contributed by atoms with Gasteiger partial charge in [-0.05, 0) is 31.6 Å². The van der Waals surface area contributed by atoms with E-state index >= 15 is 0 Å². The number of hydrogen-bond acceptors (Lipinski definition) is 3. The van der Waals surface area contributed by atoms with Crippen LogP contribution < -0.4 is 5.32 Å². The van der Waals surface area contributed by atoms with Gasteiger partial charge in [0.05, 0.1) is 6.10 Å². The van der Waals surface area contributed by atoms with E-state index < -0.39 is 0 Å². The van der Waals surface area contributed by atoms with Gasteiger partial charge in [0.2, 0.25) is 11.8 Å². The molecule has 1 aliphatic carbocycles. The lowest BCUT2D eigenvalue weighted by molar-refractivity contribution is -0.153. The molecular formula is C14H24N2O3. The van der Waals surface area contributed by atoms with E-state index in [-0.39, 0.29) is 35.9 Å². The number of methoxy groups -OCH3 is 1. The summed E-state index contributed by atoms with van der Waals surface area (Å²) in [5.74, 6) is 0.484. The maximum Gasteiger partial charge on any atom is 0.246 e. The highest BCUT2D eigenvalue weighted by atomic mass is 16.5.